The molecule has 0 bridgehead atoms. The highest BCUT2D eigenvalue weighted by Crippen LogP contribution is 2.38. The van der Waals surface area contributed by atoms with Crippen LogP contribution in [0, 0.1) is 0 Å². The molecule has 0 saturated carbocycles. The fourth-order valence-electron chi connectivity index (χ4n) is 3.07. The van der Waals surface area contributed by atoms with Gasteiger partial charge >= 0.3 is 11.9 Å². The molecule has 7 heteroatoms. The maximum absolute atomic E-state index is 11.3. The molecular formula is C19H20O6S. The first-order valence-corrected chi connectivity index (χ1v) is 9.23. The third-order valence-electron chi connectivity index (χ3n) is 4.46. The molecule has 0 amide bonds. The highest BCUT2D eigenvalue weighted by Gasteiger charge is 2.38. The highest BCUT2D eigenvalue weighted by molar-refractivity contribution is 7.12. The van der Waals surface area contributed by atoms with Crippen LogP contribution in [0.2, 0.25) is 0 Å². The number of carboxylic acid groups (broad SMARTS) is 2. The molecule has 1 aromatic heterocycles. The lowest BCUT2D eigenvalue weighted by molar-refractivity contribution is -0.164. The third-order valence-corrected chi connectivity index (χ3v) is 5.73. The van der Waals surface area contributed by atoms with E-state index in [1.54, 1.807) is 17.4 Å². The first kappa shape index (κ1) is 18.6. The Kier molecular flexibility index (Phi) is 5.41. The number of hydrogen-bond donors (Lipinski definition) is 2. The number of carboxylic acids is 2. The zero-order valence-electron chi connectivity index (χ0n) is 14.4. The number of benzene rings is 1. The van der Waals surface area contributed by atoms with Gasteiger partial charge in [-0.25, -0.2) is 9.59 Å². The van der Waals surface area contributed by atoms with Crippen LogP contribution in [0.3, 0.4) is 0 Å². The molecule has 1 aliphatic rings. The molecule has 6 nitrogen and oxygen atoms in total. The van der Waals surface area contributed by atoms with Gasteiger partial charge in [0.05, 0.1) is 29.2 Å². The normalized spacial score (nSPS) is 15.9. The molecule has 1 saturated heterocycles. The van der Waals surface area contributed by atoms with Crippen molar-refractivity contribution >= 4 is 23.3 Å². The Labute approximate surface area is 155 Å². The van der Waals surface area contributed by atoms with Crippen molar-refractivity contribution in [3.05, 3.63) is 56.8 Å². The Bertz CT molecular complexity index is 819. The van der Waals surface area contributed by atoms with Crippen molar-refractivity contribution in [2.45, 2.75) is 32.0 Å². The van der Waals surface area contributed by atoms with Crippen molar-refractivity contribution in [1.82, 2.24) is 0 Å². The van der Waals surface area contributed by atoms with Crippen LogP contribution in [0.4, 0.5) is 0 Å². The predicted molar refractivity (Wildman–Crippen MR) is 96.0 cm³/mol. The Morgan fingerprint density at radius 2 is 1.73 bits per heavy atom. The van der Waals surface area contributed by atoms with E-state index in [4.69, 9.17) is 14.6 Å². The summed E-state index contributed by atoms with van der Waals surface area (Å²) < 4.78 is 11.6. The van der Waals surface area contributed by atoms with E-state index in [0.29, 0.717) is 19.6 Å². The number of rotatable bonds is 7. The van der Waals surface area contributed by atoms with Gasteiger partial charge in [0.15, 0.2) is 0 Å². The van der Waals surface area contributed by atoms with Crippen molar-refractivity contribution in [1.29, 1.82) is 0 Å². The summed E-state index contributed by atoms with van der Waals surface area (Å²) in [7, 11) is 0. The molecule has 1 aromatic carbocycles. The molecule has 0 atom stereocenters. The monoisotopic (exact) mass is 376 g/mol. The summed E-state index contributed by atoms with van der Waals surface area (Å²) in [5, 5.41) is 18.3. The molecule has 3 rings (SSSR count). The molecule has 2 heterocycles. The number of carbonyl (C=O) groups is 2. The Balaban J connectivity index is 1.73. The third kappa shape index (κ3) is 3.65. The number of thiophene rings is 1. The van der Waals surface area contributed by atoms with Gasteiger partial charge in [-0.05, 0) is 42.7 Å². The van der Waals surface area contributed by atoms with Crippen LogP contribution in [0.1, 0.15) is 49.4 Å². The molecule has 0 radical (unpaired) electrons. The van der Waals surface area contributed by atoms with E-state index in [1.807, 2.05) is 19.1 Å². The van der Waals surface area contributed by atoms with E-state index in [9.17, 15) is 14.7 Å². The van der Waals surface area contributed by atoms with Gasteiger partial charge in [0.2, 0.25) is 5.79 Å². The first-order chi connectivity index (χ1) is 12.4. The van der Waals surface area contributed by atoms with Crippen LogP contribution in [-0.2, 0) is 28.1 Å². The summed E-state index contributed by atoms with van der Waals surface area (Å²) in [5.41, 5.74) is 0.417. The van der Waals surface area contributed by atoms with Gasteiger partial charge in [0.1, 0.15) is 0 Å². The van der Waals surface area contributed by atoms with Gasteiger partial charge in [-0.1, -0.05) is 13.0 Å². The molecule has 2 N–H and O–H groups in total. The van der Waals surface area contributed by atoms with Crippen LogP contribution in [-0.4, -0.2) is 35.4 Å². The standard InChI is InChI=1S/C19H20O6S/c1-2-19(24-9-10-25-19)16-8-6-13(26-16)5-3-12-4-7-14(17(20)21)15(11-12)18(22)23/h4,6-8,11H,2-3,5,9-10H2,1H3,(H,20,21)(H,22,23). The maximum atomic E-state index is 11.3. The van der Waals surface area contributed by atoms with Crippen LogP contribution in [0.5, 0.6) is 0 Å². The van der Waals surface area contributed by atoms with E-state index >= 15 is 0 Å². The number of aromatic carboxylic acids is 2. The minimum Gasteiger partial charge on any atom is -0.478 e. The zero-order valence-corrected chi connectivity index (χ0v) is 15.2. The predicted octanol–water partition coefficient (Wildman–Crippen LogP) is 3.54. The molecule has 26 heavy (non-hydrogen) atoms. The van der Waals surface area contributed by atoms with Crippen molar-refractivity contribution in [2.24, 2.45) is 0 Å². The molecular weight excluding hydrogens is 356 g/mol. The smallest absolute Gasteiger partial charge is 0.336 e. The van der Waals surface area contributed by atoms with Crippen molar-refractivity contribution < 1.29 is 29.3 Å². The highest BCUT2D eigenvalue weighted by atomic mass is 32.1. The average molecular weight is 376 g/mol. The Hall–Kier alpha value is -2.22. The molecule has 2 aromatic rings. The molecule has 138 valence electrons. The van der Waals surface area contributed by atoms with E-state index < -0.39 is 17.7 Å². The van der Waals surface area contributed by atoms with Gasteiger partial charge in [0.25, 0.3) is 0 Å². The van der Waals surface area contributed by atoms with Gasteiger partial charge in [-0.3, -0.25) is 0 Å². The fourth-order valence-corrected chi connectivity index (χ4v) is 4.25. The van der Waals surface area contributed by atoms with Crippen molar-refractivity contribution in [3.8, 4) is 0 Å². The Morgan fingerprint density at radius 3 is 2.35 bits per heavy atom. The van der Waals surface area contributed by atoms with Gasteiger partial charge in [0, 0.05) is 11.3 Å². The minimum absolute atomic E-state index is 0.181. The quantitative estimate of drug-likeness (QED) is 0.768. The second-order valence-electron chi connectivity index (χ2n) is 6.06. The molecule has 0 spiro atoms. The minimum atomic E-state index is -1.24. The second kappa shape index (κ2) is 7.57. The summed E-state index contributed by atoms with van der Waals surface area (Å²) >= 11 is 1.63. The van der Waals surface area contributed by atoms with Gasteiger partial charge in [-0.2, -0.15) is 0 Å². The summed E-state index contributed by atoms with van der Waals surface area (Å²) in [6.45, 7) is 3.21. The second-order valence-corrected chi connectivity index (χ2v) is 7.23. The SMILES string of the molecule is CCC1(c2ccc(CCc3ccc(C(=O)O)c(C(=O)O)c3)s2)OCCO1. The van der Waals surface area contributed by atoms with Crippen molar-refractivity contribution in [2.75, 3.05) is 13.2 Å². The maximum Gasteiger partial charge on any atom is 0.336 e. The average Bonchev–Trinajstić information content (AvgIpc) is 3.29. The van der Waals surface area contributed by atoms with E-state index in [2.05, 4.69) is 0 Å². The topological polar surface area (TPSA) is 93.1 Å². The summed E-state index contributed by atoms with van der Waals surface area (Å²) in [6, 6.07) is 8.52. The lowest BCUT2D eigenvalue weighted by Gasteiger charge is -2.24. The van der Waals surface area contributed by atoms with Gasteiger partial charge in [-0.15, -0.1) is 11.3 Å². The summed E-state index contributed by atoms with van der Waals surface area (Å²) in [6.07, 6.45) is 2.10. The lowest BCUT2D eigenvalue weighted by atomic mass is 10.0. The number of ether oxygens (including phenoxy) is 2. The fraction of sp³-hybridized carbons (Fsp3) is 0.368. The number of aryl methyl sites for hydroxylation is 2. The summed E-state index contributed by atoms with van der Waals surface area (Å²) in [4.78, 5) is 24.6. The van der Waals surface area contributed by atoms with Crippen LogP contribution in [0.15, 0.2) is 30.3 Å². The molecule has 0 aliphatic carbocycles. The van der Waals surface area contributed by atoms with Crippen LogP contribution >= 0.6 is 11.3 Å². The molecule has 1 fully saturated rings. The van der Waals surface area contributed by atoms with E-state index in [-0.39, 0.29) is 11.1 Å². The van der Waals surface area contributed by atoms with E-state index in [1.165, 1.54) is 12.1 Å². The number of hydrogen-bond acceptors (Lipinski definition) is 5. The van der Waals surface area contributed by atoms with Crippen LogP contribution < -0.4 is 0 Å². The van der Waals surface area contributed by atoms with Gasteiger partial charge < -0.3 is 19.7 Å². The Morgan fingerprint density at radius 1 is 1.04 bits per heavy atom. The molecule has 0 unspecified atom stereocenters. The first-order valence-electron chi connectivity index (χ1n) is 8.42. The lowest BCUT2D eigenvalue weighted by Crippen LogP contribution is -2.24. The molecule has 1 aliphatic heterocycles. The zero-order chi connectivity index (χ0) is 18.7. The van der Waals surface area contributed by atoms with Crippen molar-refractivity contribution in [3.63, 3.8) is 0 Å². The largest absolute Gasteiger partial charge is 0.478 e. The van der Waals surface area contributed by atoms with E-state index in [0.717, 1.165) is 28.2 Å². The summed E-state index contributed by atoms with van der Waals surface area (Å²) in [5.74, 6) is -3.11. The van der Waals surface area contributed by atoms with Crippen LogP contribution in [0.25, 0.3) is 0 Å².